The predicted octanol–water partition coefficient (Wildman–Crippen LogP) is 5.23. The number of nitrogens with one attached hydrogen (secondary N) is 1. The molecule has 7 heteroatoms. The van der Waals surface area contributed by atoms with Crippen LogP contribution in [-0.2, 0) is 22.3 Å². The SMILES string of the molecule is COc1ccc(F)cc1C[C@H]1CC[C@H](CCNCC[C@@H]2CC[C@@H](Cc3cc(F)ccc3OC)O2)O1. The number of hydrogen-bond acceptors (Lipinski definition) is 5. The Morgan fingerprint density at radius 3 is 1.57 bits per heavy atom. The molecule has 2 aromatic rings. The molecule has 2 heterocycles. The Labute approximate surface area is 207 Å². The van der Waals surface area contributed by atoms with Crippen LogP contribution in [0.25, 0.3) is 0 Å². The highest BCUT2D eigenvalue weighted by Crippen LogP contribution is 2.30. The average Bonchev–Trinajstić information content (AvgIpc) is 3.48. The second-order valence-corrected chi connectivity index (χ2v) is 9.56. The van der Waals surface area contributed by atoms with Crippen molar-refractivity contribution in [3.05, 3.63) is 59.2 Å². The van der Waals surface area contributed by atoms with Crippen molar-refractivity contribution in [1.82, 2.24) is 5.32 Å². The normalized spacial score (nSPS) is 24.1. The standard InChI is InChI=1S/C28H37F2NO4/c1-32-27-9-3-21(29)15-19(27)17-25-7-5-23(34-25)11-13-31-14-12-24-6-8-26(35-24)18-20-16-22(30)4-10-28(20)33-2/h3-4,9-10,15-16,23-26,31H,5-8,11-14,17-18H2,1-2H3/t23-,24+,25-,26+. The molecule has 0 bridgehead atoms. The molecule has 35 heavy (non-hydrogen) atoms. The maximum absolute atomic E-state index is 13.6. The minimum absolute atomic E-state index is 0.108. The molecule has 0 spiro atoms. The third-order valence-corrected chi connectivity index (χ3v) is 7.06. The summed E-state index contributed by atoms with van der Waals surface area (Å²) in [5.41, 5.74) is 1.73. The van der Waals surface area contributed by atoms with E-state index < -0.39 is 0 Å². The molecular weight excluding hydrogens is 452 g/mol. The van der Waals surface area contributed by atoms with Gasteiger partial charge in [-0.2, -0.15) is 0 Å². The van der Waals surface area contributed by atoms with Crippen LogP contribution in [0.3, 0.4) is 0 Å². The van der Waals surface area contributed by atoms with Crippen LogP contribution < -0.4 is 14.8 Å². The van der Waals surface area contributed by atoms with Crippen LogP contribution in [-0.4, -0.2) is 51.7 Å². The maximum Gasteiger partial charge on any atom is 0.123 e. The number of hydrogen-bond donors (Lipinski definition) is 1. The molecule has 0 amide bonds. The van der Waals surface area contributed by atoms with E-state index in [9.17, 15) is 8.78 Å². The molecule has 5 nitrogen and oxygen atoms in total. The van der Waals surface area contributed by atoms with Gasteiger partial charge in [-0.25, -0.2) is 8.78 Å². The number of ether oxygens (including phenoxy) is 4. The van der Waals surface area contributed by atoms with Crippen molar-refractivity contribution in [3.63, 3.8) is 0 Å². The summed E-state index contributed by atoms with van der Waals surface area (Å²) in [6.07, 6.45) is 7.98. The summed E-state index contributed by atoms with van der Waals surface area (Å²) in [7, 11) is 3.22. The Balaban J connectivity index is 1.10. The van der Waals surface area contributed by atoms with Crippen molar-refractivity contribution in [1.29, 1.82) is 0 Å². The largest absolute Gasteiger partial charge is 0.496 e. The van der Waals surface area contributed by atoms with Gasteiger partial charge < -0.3 is 24.3 Å². The summed E-state index contributed by atoms with van der Waals surface area (Å²) in [5, 5.41) is 3.52. The third kappa shape index (κ3) is 7.38. The van der Waals surface area contributed by atoms with Crippen molar-refractivity contribution in [2.24, 2.45) is 0 Å². The van der Waals surface area contributed by atoms with Gasteiger partial charge in [0.2, 0.25) is 0 Å². The Kier molecular flexibility index (Phi) is 9.35. The van der Waals surface area contributed by atoms with Crippen molar-refractivity contribution in [2.75, 3.05) is 27.3 Å². The lowest BCUT2D eigenvalue weighted by molar-refractivity contribution is 0.0374. The second-order valence-electron chi connectivity index (χ2n) is 9.56. The van der Waals surface area contributed by atoms with Crippen LogP contribution in [0.5, 0.6) is 11.5 Å². The summed E-state index contributed by atoms with van der Waals surface area (Å²) in [4.78, 5) is 0. The van der Waals surface area contributed by atoms with E-state index in [1.54, 1.807) is 38.5 Å². The van der Waals surface area contributed by atoms with Crippen molar-refractivity contribution < 1.29 is 27.7 Å². The molecule has 1 N–H and O–H groups in total. The zero-order valence-corrected chi connectivity index (χ0v) is 20.7. The monoisotopic (exact) mass is 489 g/mol. The van der Waals surface area contributed by atoms with E-state index in [0.717, 1.165) is 62.7 Å². The topological polar surface area (TPSA) is 49.0 Å². The van der Waals surface area contributed by atoms with Crippen molar-refractivity contribution in [2.45, 2.75) is 75.8 Å². The molecule has 2 aromatic carbocycles. The van der Waals surface area contributed by atoms with E-state index in [1.807, 2.05) is 0 Å². The third-order valence-electron chi connectivity index (χ3n) is 7.06. The Hall–Kier alpha value is -2.22. The highest BCUT2D eigenvalue weighted by atomic mass is 19.1. The molecule has 0 saturated carbocycles. The molecule has 0 unspecified atom stereocenters. The summed E-state index contributed by atoms with van der Waals surface area (Å²) in [6.45, 7) is 1.80. The second kappa shape index (κ2) is 12.7. The molecule has 2 saturated heterocycles. The Bertz CT molecular complexity index is 881. The minimum Gasteiger partial charge on any atom is -0.496 e. The van der Waals surface area contributed by atoms with Crippen LogP contribution in [0, 0.1) is 11.6 Å². The molecule has 2 fully saturated rings. The summed E-state index contributed by atoms with van der Waals surface area (Å²) in [5.74, 6) is 0.940. The lowest BCUT2D eigenvalue weighted by atomic mass is 10.0. The first-order valence-corrected chi connectivity index (χ1v) is 12.7. The first-order chi connectivity index (χ1) is 17.0. The van der Waals surface area contributed by atoms with Gasteiger partial charge in [-0.3, -0.25) is 0 Å². The molecule has 0 aliphatic carbocycles. The van der Waals surface area contributed by atoms with Gasteiger partial charge in [0.15, 0.2) is 0 Å². The summed E-state index contributed by atoms with van der Waals surface area (Å²) < 4.78 is 50.4. The van der Waals surface area contributed by atoms with Crippen LogP contribution in [0.1, 0.15) is 49.7 Å². The molecule has 192 valence electrons. The highest BCUT2D eigenvalue weighted by molar-refractivity contribution is 5.35. The molecular formula is C28H37F2NO4. The molecule has 4 atom stereocenters. The highest BCUT2D eigenvalue weighted by Gasteiger charge is 2.27. The number of rotatable bonds is 12. The summed E-state index contributed by atoms with van der Waals surface area (Å²) in [6, 6.07) is 9.28. The lowest BCUT2D eigenvalue weighted by Gasteiger charge is -2.17. The van der Waals surface area contributed by atoms with Gasteiger partial charge >= 0.3 is 0 Å². The van der Waals surface area contributed by atoms with E-state index >= 15 is 0 Å². The van der Waals surface area contributed by atoms with E-state index in [0.29, 0.717) is 24.3 Å². The van der Waals surface area contributed by atoms with E-state index in [2.05, 4.69) is 5.32 Å². The van der Waals surface area contributed by atoms with Gasteiger partial charge in [-0.15, -0.1) is 0 Å². The van der Waals surface area contributed by atoms with Gasteiger partial charge in [0.25, 0.3) is 0 Å². The van der Waals surface area contributed by atoms with E-state index in [4.69, 9.17) is 18.9 Å². The first-order valence-electron chi connectivity index (χ1n) is 12.7. The Morgan fingerprint density at radius 2 is 1.14 bits per heavy atom. The number of benzene rings is 2. The predicted molar refractivity (Wildman–Crippen MR) is 131 cm³/mol. The maximum atomic E-state index is 13.6. The van der Waals surface area contributed by atoms with Crippen molar-refractivity contribution in [3.8, 4) is 11.5 Å². The van der Waals surface area contributed by atoms with Crippen LogP contribution in [0.15, 0.2) is 36.4 Å². The fraction of sp³-hybridized carbons (Fsp3) is 0.571. The zero-order chi connectivity index (χ0) is 24.6. The van der Waals surface area contributed by atoms with Crippen LogP contribution >= 0.6 is 0 Å². The smallest absolute Gasteiger partial charge is 0.123 e. The number of halogens is 2. The molecule has 2 aliphatic rings. The lowest BCUT2D eigenvalue weighted by Crippen LogP contribution is -2.25. The fourth-order valence-electron chi connectivity index (χ4n) is 5.24. The van der Waals surface area contributed by atoms with Crippen LogP contribution in [0.2, 0.25) is 0 Å². The molecule has 0 aromatic heterocycles. The quantitative estimate of drug-likeness (QED) is 0.414. The average molecular weight is 490 g/mol. The van der Waals surface area contributed by atoms with Gasteiger partial charge in [0.05, 0.1) is 38.6 Å². The minimum atomic E-state index is -0.245. The van der Waals surface area contributed by atoms with E-state index in [-0.39, 0.29) is 36.1 Å². The van der Waals surface area contributed by atoms with E-state index in [1.165, 1.54) is 12.1 Å². The van der Waals surface area contributed by atoms with Gasteiger partial charge in [0.1, 0.15) is 23.1 Å². The molecule has 0 radical (unpaired) electrons. The zero-order valence-electron chi connectivity index (χ0n) is 20.7. The van der Waals surface area contributed by atoms with Gasteiger partial charge in [-0.05, 0) is 99.1 Å². The summed E-state index contributed by atoms with van der Waals surface area (Å²) >= 11 is 0. The molecule has 4 rings (SSSR count). The van der Waals surface area contributed by atoms with Gasteiger partial charge in [0, 0.05) is 12.8 Å². The fourth-order valence-corrected chi connectivity index (χ4v) is 5.24. The van der Waals surface area contributed by atoms with Gasteiger partial charge in [-0.1, -0.05) is 0 Å². The molecule has 2 aliphatic heterocycles. The number of methoxy groups -OCH3 is 2. The first kappa shape index (κ1) is 25.9. The van der Waals surface area contributed by atoms with Crippen LogP contribution in [0.4, 0.5) is 8.78 Å². The Morgan fingerprint density at radius 1 is 0.714 bits per heavy atom. The van der Waals surface area contributed by atoms with Crippen molar-refractivity contribution >= 4 is 0 Å².